The minimum atomic E-state index is -0.606. The molecule has 1 aliphatic heterocycles. The van der Waals surface area contributed by atoms with Crippen molar-refractivity contribution in [2.75, 3.05) is 12.9 Å². The van der Waals surface area contributed by atoms with Crippen molar-refractivity contribution in [2.24, 2.45) is 5.10 Å². The Hall–Kier alpha value is -4.81. The number of halogens is 1. The summed E-state index contributed by atoms with van der Waals surface area (Å²) in [6.45, 7) is 4.01. The maximum absolute atomic E-state index is 14.2. The standard InChI is InChI=1S/C34H31FN6O3S2/c1-21-8-6-11-28(22(21)2)40-31(19-36-33(43)25-9-4-5-10-26(25)35)37-38-34(40)46-20-32(42)41-29(23-13-15-24(44-3)16-14-23)18-27(39-41)30-12-7-17-45-30/h4-17,29H,18-20H2,1-3H3,(H,36,43)/t29-/m1/s1. The molecule has 6 rings (SSSR count). The van der Waals surface area contributed by atoms with Gasteiger partial charge in [0.15, 0.2) is 11.0 Å². The van der Waals surface area contributed by atoms with Gasteiger partial charge in [-0.15, -0.1) is 21.5 Å². The topological polar surface area (TPSA) is 102 Å². The van der Waals surface area contributed by atoms with Crippen molar-refractivity contribution in [3.8, 4) is 11.4 Å². The zero-order valence-electron chi connectivity index (χ0n) is 25.4. The van der Waals surface area contributed by atoms with Crippen molar-refractivity contribution in [1.29, 1.82) is 0 Å². The maximum Gasteiger partial charge on any atom is 0.254 e. The molecule has 46 heavy (non-hydrogen) atoms. The predicted molar refractivity (Wildman–Crippen MR) is 177 cm³/mol. The summed E-state index contributed by atoms with van der Waals surface area (Å²) in [7, 11) is 1.62. The predicted octanol–water partition coefficient (Wildman–Crippen LogP) is 6.49. The molecule has 3 aromatic carbocycles. The third-order valence-corrected chi connectivity index (χ3v) is 9.67. The quantitative estimate of drug-likeness (QED) is 0.173. The van der Waals surface area contributed by atoms with E-state index in [1.54, 1.807) is 29.5 Å². The second-order valence-corrected chi connectivity index (χ2v) is 12.6. The Morgan fingerprint density at radius 2 is 1.83 bits per heavy atom. The summed E-state index contributed by atoms with van der Waals surface area (Å²) < 4.78 is 21.4. The summed E-state index contributed by atoms with van der Waals surface area (Å²) in [4.78, 5) is 27.7. The second kappa shape index (κ2) is 13.7. The van der Waals surface area contributed by atoms with E-state index < -0.39 is 11.7 Å². The molecule has 0 radical (unpaired) electrons. The van der Waals surface area contributed by atoms with E-state index in [2.05, 4.69) is 15.5 Å². The molecule has 0 aliphatic carbocycles. The molecule has 0 fully saturated rings. The number of thioether (sulfide) groups is 1. The smallest absolute Gasteiger partial charge is 0.254 e. The lowest BCUT2D eigenvalue weighted by Crippen LogP contribution is -2.28. The molecule has 12 heteroatoms. The van der Waals surface area contributed by atoms with Gasteiger partial charge in [0, 0.05) is 6.42 Å². The van der Waals surface area contributed by atoms with Crippen LogP contribution in [0.4, 0.5) is 4.39 Å². The number of nitrogens with one attached hydrogen (secondary N) is 1. The summed E-state index contributed by atoms with van der Waals surface area (Å²) in [6.07, 6.45) is 0.591. The van der Waals surface area contributed by atoms with Crippen molar-refractivity contribution < 1.29 is 18.7 Å². The van der Waals surface area contributed by atoms with E-state index in [0.29, 0.717) is 17.4 Å². The highest BCUT2D eigenvalue weighted by Gasteiger charge is 2.34. The van der Waals surface area contributed by atoms with Crippen LogP contribution in [-0.4, -0.2) is 50.2 Å². The van der Waals surface area contributed by atoms with Crippen LogP contribution in [0.5, 0.6) is 5.75 Å². The van der Waals surface area contributed by atoms with Gasteiger partial charge in [0.1, 0.15) is 11.6 Å². The third-order valence-electron chi connectivity index (χ3n) is 7.84. The van der Waals surface area contributed by atoms with Crippen molar-refractivity contribution >= 4 is 40.6 Å². The molecule has 0 saturated heterocycles. The van der Waals surface area contributed by atoms with Crippen molar-refractivity contribution in [3.05, 3.63) is 123 Å². The largest absolute Gasteiger partial charge is 0.497 e. The summed E-state index contributed by atoms with van der Waals surface area (Å²) in [5, 5.41) is 20.4. The highest BCUT2D eigenvalue weighted by molar-refractivity contribution is 7.99. The monoisotopic (exact) mass is 654 g/mol. The number of thiophene rings is 1. The summed E-state index contributed by atoms with van der Waals surface area (Å²) in [6, 6.07) is 23.1. The molecule has 9 nitrogen and oxygen atoms in total. The number of methoxy groups -OCH3 is 1. The van der Waals surface area contributed by atoms with E-state index in [0.717, 1.165) is 38.7 Å². The molecule has 2 amide bonds. The van der Waals surface area contributed by atoms with Crippen LogP contribution in [0.2, 0.25) is 0 Å². The molecule has 234 valence electrons. The fraction of sp³-hybridized carbons (Fsp3) is 0.206. The number of benzene rings is 3. The number of hydrogen-bond acceptors (Lipinski definition) is 8. The van der Waals surface area contributed by atoms with E-state index in [9.17, 15) is 14.0 Å². The molecule has 1 N–H and O–H groups in total. The Morgan fingerprint density at radius 3 is 2.57 bits per heavy atom. The van der Waals surface area contributed by atoms with E-state index in [4.69, 9.17) is 9.84 Å². The fourth-order valence-corrected chi connectivity index (χ4v) is 6.78. The molecular weight excluding hydrogens is 624 g/mol. The Bertz CT molecular complexity index is 1910. The van der Waals surface area contributed by atoms with E-state index in [-0.39, 0.29) is 29.8 Å². The molecule has 0 spiro atoms. The SMILES string of the molecule is COc1ccc([C@H]2CC(c3cccs3)=NN2C(=O)CSc2nnc(CNC(=O)c3ccccc3F)n2-c2cccc(C)c2C)cc1. The van der Waals surface area contributed by atoms with Gasteiger partial charge in [0.25, 0.3) is 11.8 Å². The Kier molecular flexibility index (Phi) is 9.27. The Labute approximate surface area is 274 Å². The third kappa shape index (κ3) is 6.44. The molecular formula is C34H31FN6O3S2. The molecule has 1 aliphatic rings. The number of ether oxygens (including phenoxy) is 1. The molecule has 0 unspecified atom stereocenters. The number of rotatable bonds is 10. The average molecular weight is 655 g/mol. The highest BCUT2D eigenvalue weighted by Crippen LogP contribution is 2.35. The van der Waals surface area contributed by atoms with E-state index in [1.165, 1.54) is 30.0 Å². The van der Waals surface area contributed by atoms with Gasteiger partial charge in [-0.2, -0.15) is 5.10 Å². The normalized spacial score (nSPS) is 14.3. The lowest BCUT2D eigenvalue weighted by molar-refractivity contribution is -0.130. The minimum Gasteiger partial charge on any atom is -0.497 e. The molecule has 1 atom stereocenters. The summed E-state index contributed by atoms with van der Waals surface area (Å²) in [5.74, 6) is -0.105. The number of aryl methyl sites for hydroxylation is 1. The Balaban J connectivity index is 1.26. The van der Waals surface area contributed by atoms with Crippen molar-refractivity contribution in [2.45, 2.75) is 38.0 Å². The first-order valence-electron chi connectivity index (χ1n) is 14.6. The molecule has 0 saturated carbocycles. The maximum atomic E-state index is 14.2. The van der Waals surface area contributed by atoms with Crippen LogP contribution in [0, 0.1) is 19.7 Å². The van der Waals surface area contributed by atoms with Gasteiger partial charge in [-0.05, 0) is 72.3 Å². The van der Waals surface area contributed by atoms with Crippen molar-refractivity contribution in [3.63, 3.8) is 0 Å². The number of hydrogen-bond donors (Lipinski definition) is 1. The number of aromatic nitrogens is 3. The fourth-order valence-electron chi connectivity index (χ4n) is 5.24. The first-order valence-corrected chi connectivity index (χ1v) is 16.4. The number of carbonyl (C=O) groups excluding carboxylic acids is 2. The number of carbonyl (C=O) groups is 2. The highest BCUT2D eigenvalue weighted by atomic mass is 32.2. The zero-order chi connectivity index (χ0) is 32.2. The second-order valence-electron chi connectivity index (χ2n) is 10.7. The van der Waals surface area contributed by atoms with Crippen LogP contribution in [0.25, 0.3) is 5.69 Å². The van der Waals surface area contributed by atoms with Crippen LogP contribution in [0.1, 0.15) is 50.2 Å². The number of hydrazone groups is 1. The van der Waals surface area contributed by atoms with Gasteiger partial charge in [-0.1, -0.05) is 54.2 Å². The summed E-state index contributed by atoms with van der Waals surface area (Å²) >= 11 is 2.84. The van der Waals surface area contributed by atoms with Crippen LogP contribution < -0.4 is 10.1 Å². The average Bonchev–Trinajstić information content (AvgIpc) is 3.84. The van der Waals surface area contributed by atoms with Gasteiger partial charge in [-0.3, -0.25) is 14.2 Å². The molecule has 2 aromatic heterocycles. The van der Waals surface area contributed by atoms with Gasteiger partial charge in [0.2, 0.25) is 0 Å². The first-order chi connectivity index (χ1) is 22.3. The lowest BCUT2D eigenvalue weighted by Gasteiger charge is -2.22. The van der Waals surface area contributed by atoms with Gasteiger partial charge >= 0.3 is 0 Å². The minimum absolute atomic E-state index is 0.00217. The van der Waals surface area contributed by atoms with Crippen LogP contribution >= 0.6 is 23.1 Å². The first kappa shape index (κ1) is 31.2. The van der Waals surface area contributed by atoms with Crippen LogP contribution in [0.15, 0.2) is 94.5 Å². The van der Waals surface area contributed by atoms with Crippen molar-refractivity contribution in [1.82, 2.24) is 25.1 Å². The molecule has 3 heterocycles. The lowest BCUT2D eigenvalue weighted by atomic mass is 10.0. The molecule has 5 aromatic rings. The van der Waals surface area contributed by atoms with Gasteiger partial charge in [0.05, 0.1) is 47.3 Å². The number of nitrogens with zero attached hydrogens (tertiary/aromatic N) is 5. The van der Waals surface area contributed by atoms with Crippen LogP contribution in [-0.2, 0) is 11.3 Å². The van der Waals surface area contributed by atoms with Gasteiger partial charge < -0.3 is 10.1 Å². The number of amides is 2. The summed E-state index contributed by atoms with van der Waals surface area (Å²) in [5.41, 5.74) is 4.66. The van der Waals surface area contributed by atoms with Gasteiger partial charge in [-0.25, -0.2) is 9.40 Å². The van der Waals surface area contributed by atoms with Crippen LogP contribution in [0.3, 0.4) is 0 Å². The van der Waals surface area contributed by atoms with E-state index >= 15 is 0 Å². The molecule has 0 bridgehead atoms. The zero-order valence-corrected chi connectivity index (χ0v) is 27.1. The Morgan fingerprint density at radius 1 is 1.02 bits per heavy atom. The van der Waals surface area contributed by atoms with E-state index in [1.807, 2.05) is 78.4 Å².